The number of hydrogen-bond acceptors (Lipinski definition) is 3. The van der Waals surface area contributed by atoms with Crippen LogP contribution >= 0.6 is 0 Å². The Morgan fingerprint density at radius 2 is 1.70 bits per heavy atom. The van der Waals surface area contributed by atoms with E-state index in [0.29, 0.717) is 0 Å². The highest BCUT2D eigenvalue weighted by Gasteiger charge is 2.53. The number of carboxylic acids is 1. The largest absolute Gasteiger partial charge is 0.481 e. The Bertz CT molecular complexity index is 686. The quantitative estimate of drug-likeness (QED) is 0.835. The Balaban J connectivity index is 1.86. The molecule has 2 N–H and O–H groups in total. The van der Waals surface area contributed by atoms with E-state index in [4.69, 9.17) is 4.74 Å². The Morgan fingerprint density at radius 1 is 1.09 bits per heavy atom. The van der Waals surface area contributed by atoms with Gasteiger partial charge in [0.05, 0.1) is 29.4 Å². The number of benzene rings is 1. The van der Waals surface area contributed by atoms with Crippen molar-refractivity contribution in [1.29, 1.82) is 0 Å². The number of carbonyl (C=O) groups is 2. The van der Waals surface area contributed by atoms with Crippen LogP contribution in [-0.2, 0) is 20.5 Å². The molecule has 1 saturated heterocycles. The summed E-state index contributed by atoms with van der Waals surface area (Å²) in [5, 5.41) is 11.4. The minimum absolute atomic E-state index is 0.402. The second kappa shape index (κ2) is 5.38. The fraction of sp³-hybridized carbons (Fsp3) is 0.333. The molecule has 0 aliphatic carbocycles. The summed E-state index contributed by atoms with van der Waals surface area (Å²) in [4.78, 5) is 23.7. The van der Waals surface area contributed by atoms with Gasteiger partial charge in [-0.25, -0.2) is 0 Å². The third kappa shape index (κ3) is 2.70. The highest BCUT2D eigenvalue weighted by molar-refractivity contribution is 5.97. The fourth-order valence-corrected chi connectivity index (χ4v) is 2.97. The second-order valence-electron chi connectivity index (χ2n) is 5.37. The zero-order valence-corrected chi connectivity index (χ0v) is 11.6. The number of alkyl halides is 3. The van der Waals surface area contributed by atoms with Crippen LogP contribution in [0, 0.1) is 11.8 Å². The molecule has 1 amide bonds. The Kier molecular flexibility index (Phi) is 3.63. The molecular formula is C15H12F3NO4. The van der Waals surface area contributed by atoms with E-state index < -0.39 is 53.3 Å². The van der Waals surface area contributed by atoms with Gasteiger partial charge in [-0.2, -0.15) is 13.2 Å². The van der Waals surface area contributed by atoms with Gasteiger partial charge >= 0.3 is 12.1 Å². The summed E-state index contributed by atoms with van der Waals surface area (Å²) in [6, 6.07) is 4.54. The van der Waals surface area contributed by atoms with Crippen molar-refractivity contribution in [1.82, 2.24) is 0 Å². The topological polar surface area (TPSA) is 75.6 Å². The van der Waals surface area contributed by atoms with Crippen LogP contribution in [0.5, 0.6) is 0 Å². The molecular weight excluding hydrogens is 315 g/mol. The van der Waals surface area contributed by atoms with Crippen LogP contribution in [0.15, 0.2) is 36.4 Å². The van der Waals surface area contributed by atoms with Crippen LogP contribution in [0.25, 0.3) is 0 Å². The number of amides is 1. The summed E-state index contributed by atoms with van der Waals surface area (Å²) in [6.07, 6.45) is -2.98. The minimum atomic E-state index is -4.62. The molecule has 122 valence electrons. The van der Waals surface area contributed by atoms with Crippen LogP contribution in [0.4, 0.5) is 18.9 Å². The van der Waals surface area contributed by atoms with Crippen molar-refractivity contribution in [2.24, 2.45) is 11.8 Å². The molecule has 3 rings (SSSR count). The van der Waals surface area contributed by atoms with Crippen LogP contribution in [0.1, 0.15) is 5.56 Å². The van der Waals surface area contributed by atoms with Gasteiger partial charge < -0.3 is 15.2 Å². The van der Waals surface area contributed by atoms with Crippen LogP contribution in [0.3, 0.4) is 0 Å². The number of halogens is 3. The number of carbonyl (C=O) groups excluding carboxylic acids is 1. The number of anilines is 1. The van der Waals surface area contributed by atoms with Crippen molar-refractivity contribution in [2.45, 2.75) is 18.4 Å². The predicted molar refractivity (Wildman–Crippen MR) is 72.5 cm³/mol. The van der Waals surface area contributed by atoms with E-state index in [-0.39, 0.29) is 0 Å². The van der Waals surface area contributed by atoms with E-state index in [0.717, 1.165) is 12.1 Å². The summed E-state index contributed by atoms with van der Waals surface area (Å²) in [5.41, 5.74) is -1.39. The first kappa shape index (κ1) is 15.5. The first-order chi connectivity index (χ1) is 10.8. The summed E-state index contributed by atoms with van der Waals surface area (Å²) in [7, 11) is 0. The van der Waals surface area contributed by atoms with Gasteiger partial charge in [-0.05, 0) is 12.1 Å². The summed E-state index contributed by atoms with van der Waals surface area (Å²) >= 11 is 0. The Morgan fingerprint density at radius 3 is 2.30 bits per heavy atom. The number of hydrogen-bond donors (Lipinski definition) is 2. The van der Waals surface area contributed by atoms with Crippen molar-refractivity contribution < 1.29 is 32.6 Å². The molecule has 2 aliphatic heterocycles. The maximum Gasteiger partial charge on any atom is 0.418 e. The molecule has 0 spiro atoms. The van der Waals surface area contributed by atoms with Crippen molar-refractivity contribution in [3.05, 3.63) is 42.0 Å². The highest BCUT2D eigenvalue weighted by Crippen LogP contribution is 2.41. The van der Waals surface area contributed by atoms with E-state index in [1.807, 2.05) is 0 Å². The minimum Gasteiger partial charge on any atom is -0.481 e. The molecule has 5 nitrogen and oxygen atoms in total. The molecule has 2 bridgehead atoms. The van der Waals surface area contributed by atoms with E-state index in [9.17, 15) is 27.9 Å². The average molecular weight is 327 g/mol. The Hall–Kier alpha value is -2.35. The average Bonchev–Trinajstić information content (AvgIpc) is 3.07. The number of fused-ring (bicyclic) bond motifs is 2. The van der Waals surface area contributed by atoms with Crippen molar-refractivity contribution in [3.63, 3.8) is 0 Å². The summed E-state index contributed by atoms with van der Waals surface area (Å²) < 4.78 is 44.2. The van der Waals surface area contributed by atoms with E-state index >= 15 is 0 Å². The summed E-state index contributed by atoms with van der Waals surface area (Å²) in [6.45, 7) is 0. The van der Waals surface area contributed by atoms with Crippen molar-refractivity contribution >= 4 is 17.6 Å². The molecule has 1 fully saturated rings. The monoisotopic (exact) mass is 327 g/mol. The van der Waals surface area contributed by atoms with Gasteiger partial charge in [0.2, 0.25) is 5.91 Å². The molecule has 1 aromatic carbocycles. The lowest BCUT2D eigenvalue weighted by atomic mass is 9.82. The molecule has 0 saturated carbocycles. The van der Waals surface area contributed by atoms with Crippen molar-refractivity contribution in [2.75, 3.05) is 5.32 Å². The summed E-state index contributed by atoms with van der Waals surface area (Å²) in [5.74, 6) is -4.19. The molecule has 1 aromatic rings. The lowest BCUT2D eigenvalue weighted by Crippen LogP contribution is -2.39. The number of ether oxygens (including phenoxy) is 1. The smallest absolute Gasteiger partial charge is 0.418 e. The maximum absolute atomic E-state index is 12.9. The molecule has 23 heavy (non-hydrogen) atoms. The normalized spacial score (nSPS) is 28.8. The van der Waals surface area contributed by atoms with Gasteiger partial charge in [-0.1, -0.05) is 24.3 Å². The molecule has 0 radical (unpaired) electrons. The zero-order valence-electron chi connectivity index (χ0n) is 11.6. The van der Waals surface area contributed by atoms with Crippen LogP contribution in [-0.4, -0.2) is 29.2 Å². The van der Waals surface area contributed by atoms with Gasteiger partial charge in [0, 0.05) is 0 Å². The molecule has 2 heterocycles. The van der Waals surface area contributed by atoms with Gasteiger partial charge in [0.15, 0.2) is 0 Å². The predicted octanol–water partition coefficient (Wildman–Crippen LogP) is 2.30. The molecule has 0 aromatic heterocycles. The number of carboxylic acid groups (broad SMARTS) is 1. The van der Waals surface area contributed by atoms with Gasteiger partial charge in [0.25, 0.3) is 0 Å². The highest BCUT2D eigenvalue weighted by atomic mass is 19.4. The fourth-order valence-electron chi connectivity index (χ4n) is 2.97. The van der Waals surface area contributed by atoms with E-state index in [1.54, 1.807) is 12.2 Å². The lowest BCUT2D eigenvalue weighted by Gasteiger charge is -2.22. The number of nitrogens with one attached hydrogen (secondary N) is 1. The SMILES string of the molecule is O=C(O)[C@@H]1[C@@H](C(=O)Nc2ccccc2C(F)(F)F)[C@@H]2C=C[C@@H]1O2. The van der Waals surface area contributed by atoms with Crippen molar-refractivity contribution in [3.8, 4) is 0 Å². The molecule has 0 unspecified atom stereocenters. The third-order valence-electron chi connectivity index (χ3n) is 3.98. The standard InChI is InChI=1S/C15H12F3NO4/c16-15(17,18)7-3-1-2-4-8(7)19-13(20)11-9-5-6-10(23-9)12(11)14(21)22/h1-6,9-12H,(H,19,20)(H,21,22)/t9-,10-,11-,12-/m0/s1. The van der Waals surface area contributed by atoms with Gasteiger partial charge in [-0.3, -0.25) is 9.59 Å². The first-order valence-corrected chi connectivity index (χ1v) is 6.82. The van der Waals surface area contributed by atoms with Crippen LogP contribution < -0.4 is 5.32 Å². The molecule has 8 heteroatoms. The number of aliphatic carboxylic acids is 1. The maximum atomic E-state index is 12.9. The number of para-hydroxylation sites is 1. The lowest BCUT2D eigenvalue weighted by molar-refractivity contribution is -0.146. The van der Waals surface area contributed by atoms with Crippen LogP contribution in [0.2, 0.25) is 0 Å². The third-order valence-corrected chi connectivity index (χ3v) is 3.98. The van der Waals surface area contributed by atoms with E-state index in [2.05, 4.69) is 5.32 Å². The van der Waals surface area contributed by atoms with Gasteiger partial charge in [-0.15, -0.1) is 0 Å². The number of rotatable bonds is 3. The molecule has 2 aliphatic rings. The van der Waals surface area contributed by atoms with E-state index in [1.165, 1.54) is 12.1 Å². The molecule has 4 atom stereocenters. The van der Waals surface area contributed by atoms with Gasteiger partial charge in [0.1, 0.15) is 5.92 Å². The zero-order chi connectivity index (χ0) is 16.8. The second-order valence-corrected chi connectivity index (χ2v) is 5.37. The first-order valence-electron chi connectivity index (χ1n) is 6.82. The Labute approximate surface area is 128 Å².